The van der Waals surface area contributed by atoms with Crippen LogP contribution in [0.4, 0.5) is 0 Å². The van der Waals surface area contributed by atoms with E-state index in [1.165, 1.54) is 0 Å². The molecular weight excluding hydrogens is 252 g/mol. The zero-order chi connectivity index (χ0) is 14.4. The maximum Gasteiger partial charge on any atom is 0.291 e. The normalized spacial score (nSPS) is 16.7. The molecule has 0 saturated carbocycles. The van der Waals surface area contributed by atoms with Crippen molar-refractivity contribution in [3.05, 3.63) is 64.3 Å². The molecule has 0 fully saturated rings. The van der Waals surface area contributed by atoms with Gasteiger partial charge in [-0.25, -0.2) is 0 Å². The van der Waals surface area contributed by atoms with Crippen LogP contribution in [0.15, 0.2) is 59.0 Å². The molecule has 2 rings (SSSR count). The molecule has 1 aliphatic carbocycles. The lowest BCUT2D eigenvalue weighted by Crippen LogP contribution is -2.25. The lowest BCUT2D eigenvalue weighted by atomic mass is 9.80. The van der Waals surface area contributed by atoms with Gasteiger partial charge in [0.25, 0.3) is 6.26 Å². The molecule has 1 aromatic rings. The fourth-order valence-electron chi connectivity index (χ4n) is 2.24. The Morgan fingerprint density at radius 1 is 1.25 bits per heavy atom. The Morgan fingerprint density at radius 2 is 2.00 bits per heavy atom. The first kappa shape index (κ1) is 13.6. The van der Waals surface area contributed by atoms with Gasteiger partial charge < -0.3 is 4.74 Å². The van der Waals surface area contributed by atoms with Crippen molar-refractivity contribution < 1.29 is 4.74 Å². The summed E-state index contributed by atoms with van der Waals surface area (Å²) in [6.45, 7) is 0. The predicted molar refractivity (Wildman–Crippen MR) is 74.8 cm³/mol. The van der Waals surface area contributed by atoms with Crippen LogP contribution in [0, 0.1) is 28.8 Å². The van der Waals surface area contributed by atoms with Crippen LogP contribution in [-0.4, -0.2) is 0 Å². The number of nitroso groups, excluding NO2 is 1. The molecule has 0 spiro atoms. The fraction of sp³-hybridized carbons (Fsp3) is 0.188. The van der Waals surface area contributed by atoms with Gasteiger partial charge in [0.1, 0.15) is 5.76 Å². The third-order valence-electron chi connectivity index (χ3n) is 3.29. The lowest BCUT2D eigenvalue weighted by Gasteiger charge is -2.26. The molecule has 1 aliphatic rings. The molecule has 0 heterocycles. The number of hydrogen-bond acceptors (Lipinski definition) is 4. The molecule has 1 unspecified atom stereocenters. The number of nitriles is 1. The van der Waals surface area contributed by atoms with Gasteiger partial charge in [-0.15, -0.1) is 16.6 Å². The van der Waals surface area contributed by atoms with E-state index in [4.69, 9.17) is 16.4 Å². The minimum Gasteiger partial charge on any atom is -0.393 e. The molecule has 20 heavy (non-hydrogen) atoms. The molecule has 1 atom stereocenters. The summed E-state index contributed by atoms with van der Waals surface area (Å²) >= 11 is 0. The summed E-state index contributed by atoms with van der Waals surface area (Å²) < 4.78 is 4.78. The molecule has 0 saturated heterocycles. The average Bonchev–Trinajstić information content (AvgIpc) is 2.52. The fourth-order valence-corrected chi connectivity index (χ4v) is 2.24. The van der Waals surface area contributed by atoms with Crippen LogP contribution < -0.4 is 0 Å². The first-order chi connectivity index (χ1) is 9.76. The smallest absolute Gasteiger partial charge is 0.291 e. The quantitative estimate of drug-likeness (QED) is 0.475. The molecule has 0 amide bonds. The molecule has 0 N–H and O–H groups in total. The van der Waals surface area contributed by atoms with Crippen molar-refractivity contribution in [1.82, 2.24) is 0 Å². The van der Waals surface area contributed by atoms with Gasteiger partial charge in [-0.2, -0.15) is 0 Å². The summed E-state index contributed by atoms with van der Waals surface area (Å²) in [5, 5.41) is 11.7. The Balaban J connectivity index is 2.44. The Morgan fingerprint density at radius 3 is 2.50 bits per heavy atom. The maximum atomic E-state index is 11.4. The van der Waals surface area contributed by atoms with Crippen molar-refractivity contribution in [3.63, 3.8) is 0 Å². The highest BCUT2D eigenvalue weighted by molar-refractivity contribution is 5.46. The highest BCUT2D eigenvalue weighted by atomic mass is 16.5. The monoisotopic (exact) mass is 264 g/mol. The van der Waals surface area contributed by atoms with E-state index in [9.17, 15) is 4.91 Å². The van der Waals surface area contributed by atoms with Gasteiger partial charge in [0.05, 0.1) is 0 Å². The Bertz CT molecular complexity index is 647. The maximum absolute atomic E-state index is 11.4. The van der Waals surface area contributed by atoms with Crippen LogP contribution in [0.1, 0.15) is 18.4 Å². The van der Waals surface area contributed by atoms with E-state index in [1.807, 2.05) is 18.2 Å². The first-order valence-corrected chi connectivity index (χ1v) is 6.11. The predicted octanol–water partition coefficient (Wildman–Crippen LogP) is 3.38. The van der Waals surface area contributed by atoms with Gasteiger partial charge in [0, 0.05) is 6.42 Å². The van der Waals surface area contributed by atoms with Crippen LogP contribution in [0.3, 0.4) is 0 Å². The topological polar surface area (TPSA) is 62.4 Å². The number of terminal acetylenes is 1. The number of hydrogen-bond donors (Lipinski definition) is 0. The van der Waals surface area contributed by atoms with E-state index in [1.54, 1.807) is 30.5 Å². The third-order valence-corrected chi connectivity index (χ3v) is 3.29. The molecule has 1 aromatic carbocycles. The standard InChI is InChI=1S/C16H12N2O2/c1-2-16(18-19,13-6-4-3-5-7-13)14-8-10-15(11-9-14)20-12-17/h1,3-8,10H,9,11H2. The lowest BCUT2D eigenvalue weighted by molar-refractivity contribution is 0.351. The number of allylic oxidation sites excluding steroid dienone is 3. The molecule has 0 aromatic heterocycles. The Kier molecular flexibility index (Phi) is 3.98. The molecule has 0 aliphatic heterocycles. The molecule has 4 nitrogen and oxygen atoms in total. The van der Waals surface area contributed by atoms with E-state index < -0.39 is 5.54 Å². The van der Waals surface area contributed by atoms with Crippen molar-refractivity contribution in [2.24, 2.45) is 5.18 Å². The van der Waals surface area contributed by atoms with Crippen molar-refractivity contribution in [1.29, 1.82) is 5.26 Å². The van der Waals surface area contributed by atoms with Crippen molar-refractivity contribution in [2.45, 2.75) is 18.4 Å². The van der Waals surface area contributed by atoms with E-state index in [0.717, 1.165) is 5.57 Å². The number of ether oxygens (including phenoxy) is 1. The van der Waals surface area contributed by atoms with Crippen LogP contribution in [0.2, 0.25) is 0 Å². The van der Waals surface area contributed by atoms with Crippen molar-refractivity contribution >= 4 is 0 Å². The van der Waals surface area contributed by atoms with Gasteiger partial charge in [-0.1, -0.05) is 42.3 Å². The molecule has 0 radical (unpaired) electrons. The minimum atomic E-state index is -1.30. The average molecular weight is 264 g/mol. The van der Waals surface area contributed by atoms with Crippen LogP contribution in [0.5, 0.6) is 0 Å². The zero-order valence-electron chi connectivity index (χ0n) is 10.7. The third kappa shape index (κ3) is 2.32. The summed E-state index contributed by atoms with van der Waals surface area (Å²) in [5.74, 6) is 3.07. The van der Waals surface area contributed by atoms with Crippen molar-refractivity contribution in [2.75, 3.05) is 0 Å². The molecule has 0 bridgehead atoms. The largest absolute Gasteiger partial charge is 0.393 e. The Hall–Kier alpha value is -2.85. The number of nitrogens with zero attached hydrogens (tertiary/aromatic N) is 2. The second-order valence-electron chi connectivity index (χ2n) is 4.33. The minimum absolute atomic E-state index is 0.519. The second kappa shape index (κ2) is 5.86. The van der Waals surface area contributed by atoms with Gasteiger partial charge in [0.2, 0.25) is 5.54 Å². The summed E-state index contributed by atoms with van der Waals surface area (Å²) in [6.07, 6.45) is 11.6. The molecular formula is C16H12N2O2. The van der Waals surface area contributed by atoms with Gasteiger partial charge in [0.15, 0.2) is 0 Å². The summed E-state index contributed by atoms with van der Waals surface area (Å²) in [4.78, 5) is 11.4. The summed E-state index contributed by atoms with van der Waals surface area (Å²) in [5.41, 5.74) is 0.101. The van der Waals surface area contributed by atoms with E-state index in [0.29, 0.717) is 24.2 Å². The van der Waals surface area contributed by atoms with Crippen LogP contribution in [0.25, 0.3) is 0 Å². The summed E-state index contributed by atoms with van der Waals surface area (Å²) in [7, 11) is 0. The van der Waals surface area contributed by atoms with Gasteiger partial charge in [-0.3, -0.25) is 0 Å². The zero-order valence-corrected chi connectivity index (χ0v) is 10.7. The van der Waals surface area contributed by atoms with E-state index in [-0.39, 0.29) is 0 Å². The SMILES string of the molecule is C#CC(N=O)(C1=CC=C(OC#N)CC1)c1ccccc1. The molecule has 98 valence electrons. The Labute approximate surface area is 117 Å². The number of benzene rings is 1. The van der Waals surface area contributed by atoms with E-state index in [2.05, 4.69) is 11.1 Å². The van der Waals surface area contributed by atoms with Crippen LogP contribution in [-0.2, 0) is 10.3 Å². The highest BCUT2D eigenvalue weighted by Gasteiger charge is 2.36. The molecule has 4 heteroatoms. The number of rotatable bonds is 4. The highest BCUT2D eigenvalue weighted by Crippen LogP contribution is 2.38. The van der Waals surface area contributed by atoms with E-state index >= 15 is 0 Å². The van der Waals surface area contributed by atoms with Gasteiger partial charge in [-0.05, 0) is 28.8 Å². The first-order valence-electron chi connectivity index (χ1n) is 6.11. The second-order valence-corrected chi connectivity index (χ2v) is 4.33. The van der Waals surface area contributed by atoms with Crippen LogP contribution >= 0.6 is 0 Å². The van der Waals surface area contributed by atoms with Crippen molar-refractivity contribution in [3.8, 4) is 18.6 Å². The van der Waals surface area contributed by atoms with Gasteiger partial charge >= 0.3 is 0 Å². The summed E-state index contributed by atoms with van der Waals surface area (Å²) in [6, 6.07) is 9.05.